The van der Waals surface area contributed by atoms with Gasteiger partial charge in [-0.1, -0.05) is 18.2 Å². The van der Waals surface area contributed by atoms with Crippen molar-refractivity contribution >= 4 is 11.6 Å². The standard InChI is InChI=1S/C18H24N4O2/c1-13-11-21(9-10-24-13)12-17(23)19-18-14(2)20-22(15(18)3)16-7-5-4-6-8-16/h4-8,13H,9-12H2,1-3H3,(H,19,23)/t13-/m0/s1. The molecule has 1 aromatic heterocycles. The third-order valence-electron chi connectivity index (χ3n) is 4.25. The number of aryl methyl sites for hydroxylation is 1. The number of para-hydroxylation sites is 1. The van der Waals surface area contributed by atoms with Crippen LogP contribution in [-0.4, -0.2) is 52.9 Å². The van der Waals surface area contributed by atoms with E-state index in [0.29, 0.717) is 13.2 Å². The van der Waals surface area contributed by atoms with Gasteiger partial charge in [0.15, 0.2) is 0 Å². The fourth-order valence-corrected chi connectivity index (χ4v) is 3.06. The van der Waals surface area contributed by atoms with Crippen LogP contribution in [0.2, 0.25) is 0 Å². The fraction of sp³-hybridized carbons (Fsp3) is 0.444. The number of nitrogens with one attached hydrogen (secondary N) is 1. The first-order chi connectivity index (χ1) is 11.5. The second-order valence-electron chi connectivity index (χ2n) is 6.26. The van der Waals surface area contributed by atoms with Crippen LogP contribution in [0.15, 0.2) is 30.3 Å². The molecule has 1 aliphatic rings. The minimum absolute atomic E-state index is 0.0112. The molecule has 1 saturated heterocycles. The van der Waals surface area contributed by atoms with Gasteiger partial charge >= 0.3 is 0 Å². The molecule has 1 amide bonds. The van der Waals surface area contributed by atoms with Crippen LogP contribution in [0.3, 0.4) is 0 Å². The van der Waals surface area contributed by atoms with E-state index in [9.17, 15) is 4.79 Å². The van der Waals surface area contributed by atoms with Gasteiger partial charge in [0.1, 0.15) is 0 Å². The Hall–Kier alpha value is -2.18. The first kappa shape index (κ1) is 16.7. The molecule has 1 atom stereocenters. The van der Waals surface area contributed by atoms with Crippen molar-refractivity contribution in [1.82, 2.24) is 14.7 Å². The van der Waals surface area contributed by atoms with E-state index >= 15 is 0 Å². The van der Waals surface area contributed by atoms with E-state index in [1.165, 1.54) is 0 Å². The maximum atomic E-state index is 12.4. The topological polar surface area (TPSA) is 59.4 Å². The van der Waals surface area contributed by atoms with Gasteiger partial charge < -0.3 is 10.1 Å². The van der Waals surface area contributed by atoms with Crippen molar-refractivity contribution in [3.05, 3.63) is 41.7 Å². The highest BCUT2D eigenvalue weighted by atomic mass is 16.5. The van der Waals surface area contributed by atoms with Crippen LogP contribution in [0.4, 0.5) is 5.69 Å². The Balaban J connectivity index is 1.71. The normalized spacial score (nSPS) is 18.5. The van der Waals surface area contributed by atoms with Crippen molar-refractivity contribution < 1.29 is 9.53 Å². The smallest absolute Gasteiger partial charge is 0.238 e. The van der Waals surface area contributed by atoms with Crippen molar-refractivity contribution in [3.63, 3.8) is 0 Å². The second-order valence-corrected chi connectivity index (χ2v) is 6.26. The first-order valence-corrected chi connectivity index (χ1v) is 8.30. The predicted octanol–water partition coefficient (Wildman–Crippen LogP) is 2.15. The van der Waals surface area contributed by atoms with Gasteiger partial charge in [-0.15, -0.1) is 0 Å². The maximum Gasteiger partial charge on any atom is 0.238 e. The van der Waals surface area contributed by atoms with Crippen molar-refractivity contribution in [3.8, 4) is 5.69 Å². The van der Waals surface area contributed by atoms with Gasteiger partial charge in [0, 0.05) is 13.1 Å². The van der Waals surface area contributed by atoms with E-state index in [2.05, 4.69) is 15.3 Å². The lowest BCUT2D eigenvalue weighted by Gasteiger charge is -2.30. The minimum Gasteiger partial charge on any atom is -0.376 e. The molecular weight excluding hydrogens is 304 g/mol. The lowest BCUT2D eigenvalue weighted by molar-refractivity contribution is -0.119. The SMILES string of the molecule is Cc1nn(-c2ccccc2)c(C)c1NC(=O)CN1CCO[C@@H](C)C1. The number of nitrogens with zero attached hydrogens (tertiary/aromatic N) is 3. The first-order valence-electron chi connectivity index (χ1n) is 8.30. The molecule has 6 heteroatoms. The molecule has 0 saturated carbocycles. The number of aromatic nitrogens is 2. The van der Waals surface area contributed by atoms with Crippen molar-refractivity contribution in [2.75, 3.05) is 31.6 Å². The highest BCUT2D eigenvalue weighted by molar-refractivity contribution is 5.93. The highest BCUT2D eigenvalue weighted by Gasteiger charge is 2.20. The van der Waals surface area contributed by atoms with Crippen LogP contribution in [-0.2, 0) is 9.53 Å². The number of hydrogen-bond donors (Lipinski definition) is 1. The summed E-state index contributed by atoms with van der Waals surface area (Å²) in [5.41, 5.74) is 3.54. The maximum absolute atomic E-state index is 12.4. The molecular formula is C18H24N4O2. The van der Waals surface area contributed by atoms with E-state index in [1.54, 1.807) is 0 Å². The number of rotatable bonds is 4. The van der Waals surface area contributed by atoms with Gasteiger partial charge in [0.05, 0.1) is 42.0 Å². The molecule has 1 N–H and O–H groups in total. The van der Waals surface area contributed by atoms with E-state index in [0.717, 1.165) is 35.9 Å². The van der Waals surface area contributed by atoms with Gasteiger partial charge in [-0.05, 0) is 32.9 Å². The van der Waals surface area contributed by atoms with Crippen LogP contribution in [0, 0.1) is 13.8 Å². The van der Waals surface area contributed by atoms with Crippen molar-refractivity contribution in [1.29, 1.82) is 0 Å². The average molecular weight is 328 g/mol. The second kappa shape index (κ2) is 7.15. The fourth-order valence-electron chi connectivity index (χ4n) is 3.06. The molecule has 3 rings (SSSR count). The Morgan fingerprint density at radius 1 is 1.33 bits per heavy atom. The van der Waals surface area contributed by atoms with Crippen LogP contribution >= 0.6 is 0 Å². The lowest BCUT2D eigenvalue weighted by Crippen LogP contribution is -2.44. The van der Waals surface area contributed by atoms with E-state index in [-0.39, 0.29) is 12.0 Å². The number of morpholine rings is 1. The Bertz CT molecular complexity index is 711. The van der Waals surface area contributed by atoms with E-state index < -0.39 is 0 Å². The zero-order valence-electron chi connectivity index (χ0n) is 14.5. The lowest BCUT2D eigenvalue weighted by atomic mass is 10.2. The summed E-state index contributed by atoms with van der Waals surface area (Å²) >= 11 is 0. The summed E-state index contributed by atoms with van der Waals surface area (Å²) in [6, 6.07) is 9.93. The van der Waals surface area contributed by atoms with E-state index in [1.807, 2.05) is 55.8 Å². The monoisotopic (exact) mass is 328 g/mol. The van der Waals surface area contributed by atoms with Crippen molar-refractivity contribution in [2.45, 2.75) is 26.9 Å². The number of anilines is 1. The zero-order chi connectivity index (χ0) is 17.1. The largest absolute Gasteiger partial charge is 0.376 e. The number of carbonyl (C=O) groups excluding carboxylic acids is 1. The number of hydrogen-bond acceptors (Lipinski definition) is 4. The molecule has 0 aliphatic carbocycles. The number of ether oxygens (including phenoxy) is 1. The Labute approximate surface area is 142 Å². The number of amides is 1. The molecule has 1 fully saturated rings. The quantitative estimate of drug-likeness (QED) is 0.934. The van der Waals surface area contributed by atoms with Gasteiger partial charge in [0.25, 0.3) is 0 Å². The summed E-state index contributed by atoms with van der Waals surface area (Å²) in [5, 5.41) is 7.59. The molecule has 128 valence electrons. The molecule has 6 nitrogen and oxygen atoms in total. The summed E-state index contributed by atoms with van der Waals surface area (Å²) in [4.78, 5) is 14.5. The summed E-state index contributed by atoms with van der Waals surface area (Å²) in [5.74, 6) is -0.0112. The van der Waals surface area contributed by atoms with E-state index in [4.69, 9.17) is 4.74 Å². The third kappa shape index (κ3) is 3.66. The molecule has 1 aliphatic heterocycles. The van der Waals surface area contributed by atoms with Gasteiger partial charge in [-0.3, -0.25) is 9.69 Å². The van der Waals surface area contributed by atoms with Crippen LogP contribution < -0.4 is 5.32 Å². The highest BCUT2D eigenvalue weighted by Crippen LogP contribution is 2.22. The Morgan fingerprint density at radius 3 is 2.79 bits per heavy atom. The van der Waals surface area contributed by atoms with Gasteiger partial charge in [-0.25, -0.2) is 4.68 Å². The third-order valence-corrected chi connectivity index (χ3v) is 4.25. The Morgan fingerprint density at radius 2 is 2.08 bits per heavy atom. The van der Waals surface area contributed by atoms with Gasteiger partial charge in [-0.2, -0.15) is 5.10 Å². The summed E-state index contributed by atoms with van der Waals surface area (Å²) in [7, 11) is 0. The summed E-state index contributed by atoms with van der Waals surface area (Å²) < 4.78 is 7.37. The van der Waals surface area contributed by atoms with Crippen molar-refractivity contribution in [2.24, 2.45) is 0 Å². The molecule has 0 bridgehead atoms. The molecule has 24 heavy (non-hydrogen) atoms. The molecule has 2 heterocycles. The number of carbonyl (C=O) groups is 1. The molecule has 0 unspecified atom stereocenters. The predicted molar refractivity (Wildman–Crippen MR) is 93.5 cm³/mol. The Kier molecular flexibility index (Phi) is 4.97. The molecule has 2 aromatic rings. The number of benzene rings is 1. The van der Waals surface area contributed by atoms with Crippen LogP contribution in [0.25, 0.3) is 5.69 Å². The zero-order valence-corrected chi connectivity index (χ0v) is 14.5. The minimum atomic E-state index is -0.0112. The van der Waals surface area contributed by atoms with Crippen LogP contribution in [0.5, 0.6) is 0 Å². The summed E-state index contributed by atoms with van der Waals surface area (Å²) in [6.07, 6.45) is 0.177. The summed E-state index contributed by atoms with van der Waals surface area (Å²) in [6.45, 7) is 8.55. The van der Waals surface area contributed by atoms with Gasteiger partial charge in [0.2, 0.25) is 5.91 Å². The molecule has 0 spiro atoms. The molecule has 1 aromatic carbocycles. The van der Waals surface area contributed by atoms with Crippen LogP contribution in [0.1, 0.15) is 18.3 Å². The average Bonchev–Trinajstić information content (AvgIpc) is 2.84. The molecule has 0 radical (unpaired) electrons.